The minimum absolute atomic E-state index is 0.0174. The molecule has 1 saturated heterocycles. The molecule has 2 aromatic carbocycles. The number of hydrogen-bond acceptors (Lipinski definition) is 8. The van der Waals surface area contributed by atoms with Crippen LogP contribution in [-0.4, -0.2) is 67.9 Å². The number of fused-ring (bicyclic) bond motifs is 2. The van der Waals surface area contributed by atoms with Gasteiger partial charge in [-0.15, -0.1) is 0 Å². The van der Waals surface area contributed by atoms with E-state index in [9.17, 15) is 14.3 Å². The van der Waals surface area contributed by atoms with Crippen LogP contribution in [0.1, 0.15) is 60.9 Å². The van der Waals surface area contributed by atoms with Gasteiger partial charge in [0.25, 0.3) is 0 Å². The third-order valence-corrected chi connectivity index (χ3v) is 8.53. The molecule has 4 aromatic rings. The van der Waals surface area contributed by atoms with Gasteiger partial charge in [-0.25, -0.2) is 14.2 Å². The number of anilines is 1. The number of carboxylic acids is 1. The SMILES string of the molecule is CC(C)(C)OCCn1c(CN2CCN(c3cccc(OCc4ccc(C#N)cc4F)n3)[C@@H]3CC[C@@H]32)nc2ccc(C(=O)O)cc21. The molecule has 0 unspecified atom stereocenters. The minimum Gasteiger partial charge on any atom is -0.478 e. The highest BCUT2D eigenvalue weighted by Crippen LogP contribution is 2.37. The number of piperazine rings is 1. The average molecular weight is 613 g/mol. The van der Waals surface area contributed by atoms with Crippen molar-refractivity contribution in [3.8, 4) is 11.9 Å². The Morgan fingerprint density at radius 3 is 2.62 bits per heavy atom. The molecule has 6 rings (SSSR count). The predicted octanol–water partition coefficient (Wildman–Crippen LogP) is 5.39. The van der Waals surface area contributed by atoms with Crippen LogP contribution in [0.15, 0.2) is 54.6 Å². The molecule has 0 radical (unpaired) electrons. The molecule has 1 saturated carbocycles. The van der Waals surface area contributed by atoms with Crippen molar-refractivity contribution in [3.05, 3.63) is 82.9 Å². The zero-order valence-corrected chi connectivity index (χ0v) is 25.7. The van der Waals surface area contributed by atoms with Gasteiger partial charge in [-0.3, -0.25) is 4.90 Å². The van der Waals surface area contributed by atoms with Crippen molar-refractivity contribution < 1.29 is 23.8 Å². The molecule has 0 amide bonds. The summed E-state index contributed by atoms with van der Waals surface area (Å²) in [7, 11) is 0. The summed E-state index contributed by atoms with van der Waals surface area (Å²) in [5.74, 6) is 0.704. The second-order valence-electron chi connectivity index (χ2n) is 12.6. The van der Waals surface area contributed by atoms with Gasteiger partial charge in [0, 0.05) is 43.3 Å². The molecule has 2 aromatic heterocycles. The van der Waals surface area contributed by atoms with Crippen LogP contribution in [0.3, 0.4) is 0 Å². The summed E-state index contributed by atoms with van der Waals surface area (Å²) >= 11 is 0. The molecule has 3 heterocycles. The first-order valence-corrected chi connectivity index (χ1v) is 15.2. The maximum Gasteiger partial charge on any atom is 0.335 e. The zero-order chi connectivity index (χ0) is 31.7. The standard InChI is InChI=1S/C34H37FN6O4/c1-34(2,3)45-16-15-41-29-18-23(33(42)43)9-10-26(29)37-31(41)20-39-13-14-40(28-12-11-27(28)39)30-5-4-6-32(38-30)44-21-24-8-7-22(19-36)17-25(24)35/h4-10,17-18,27-28H,11-16,20-21H2,1-3H3,(H,42,43)/t27-,28+/m0/s1. The first kappa shape index (κ1) is 30.5. The molecular weight excluding hydrogens is 575 g/mol. The van der Waals surface area contributed by atoms with Gasteiger partial charge in [0.1, 0.15) is 24.1 Å². The van der Waals surface area contributed by atoms with Crippen molar-refractivity contribution in [2.45, 2.75) is 71.0 Å². The van der Waals surface area contributed by atoms with E-state index in [1.165, 1.54) is 6.07 Å². The lowest BCUT2D eigenvalue weighted by Crippen LogP contribution is -2.64. The van der Waals surface area contributed by atoms with E-state index in [1.54, 1.807) is 36.4 Å². The Labute approximate surface area is 261 Å². The molecule has 10 nitrogen and oxygen atoms in total. The van der Waals surface area contributed by atoms with Gasteiger partial charge in [-0.2, -0.15) is 10.2 Å². The van der Waals surface area contributed by atoms with Crippen LogP contribution in [0.2, 0.25) is 0 Å². The largest absolute Gasteiger partial charge is 0.478 e. The first-order chi connectivity index (χ1) is 21.6. The van der Waals surface area contributed by atoms with Crippen molar-refractivity contribution in [2.75, 3.05) is 24.6 Å². The van der Waals surface area contributed by atoms with Crippen molar-refractivity contribution >= 4 is 22.8 Å². The molecule has 1 aliphatic heterocycles. The van der Waals surface area contributed by atoms with E-state index in [1.807, 2.05) is 39.0 Å². The lowest BCUT2D eigenvalue weighted by molar-refractivity contribution is -0.00720. The van der Waals surface area contributed by atoms with Crippen molar-refractivity contribution in [2.24, 2.45) is 0 Å². The molecule has 2 atom stereocenters. The van der Waals surface area contributed by atoms with Gasteiger partial charge in [0.15, 0.2) is 0 Å². The quantitative estimate of drug-likeness (QED) is 0.252. The number of carbonyl (C=O) groups is 1. The Morgan fingerprint density at radius 1 is 1.09 bits per heavy atom. The van der Waals surface area contributed by atoms with Crippen LogP contribution in [0.5, 0.6) is 5.88 Å². The Balaban J connectivity index is 1.16. The lowest BCUT2D eigenvalue weighted by Gasteiger charge is -2.54. The molecule has 234 valence electrons. The number of ether oxygens (including phenoxy) is 2. The number of rotatable bonds is 10. The number of imidazole rings is 1. The van der Waals surface area contributed by atoms with Gasteiger partial charge in [0.05, 0.1) is 47.0 Å². The number of nitrogens with zero attached hydrogens (tertiary/aromatic N) is 6. The Kier molecular flexibility index (Phi) is 8.44. The van der Waals surface area contributed by atoms with E-state index in [4.69, 9.17) is 24.7 Å². The van der Waals surface area contributed by atoms with E-state index >= 15 is 0 Å². The Morgan fingerprint density at radius 2 is 1.91 bits per heavy atom. The highest BCUT2D eigenvalue weighted by Gasteiger charge is 2.43. The predicted molar refractivity (Wildman–Crippen MR) is 167 cm³/mol. The number of pyridine rings is 1. The van der Waals surface area contributed by atoms with Crippen molar-refractivity contribution in [3.63, 3.8) is 0 Å². The third kappa shape index (κ3) is 6.62. The smallest absolute Gasteiger partial charge is 0.335 e. The maximum absolute atomic E-state index is 14.3. The summed E-state index contributed by atoms with van der Waals surface area (Å²) in [6, 6.07) is 17.6. The van der Waals surface area contributed by atoms with Gasteiger partial charge < -0.3 is 24.0 Å². The first-order valence-electron chi connectivity index (χ1n) is 15.2. The number of aromatic nitrogens is 3. The molecule has 1 aliphatic carbocycles. The number of hydrogen-bond donors (Lipinski definition) is 1. The normalized spacial score (nSPS) is 18.3. The maximum atomic E-state index is 14.3. The molecule has 2 aliphatic rings. The molecule has 0 bridgehead atoms. The second-order valence-corrected chi connectivity index (χ2v) is 12.6. The summed E-state index contributed by atoms with van der Waals surface area (Å²) in [6.07, 6.45) is 2.11. The van der Waals surface area contributed by atoms with E-state index < -0.39 is 11.8 Å². The van der Waals surface area contributed by atoms with Crippen LogP contribution >= 0.6 is 0 Å². The van der Waals surface area contributed by atoms with Crippen molar-refractivity contribution in [1.29, 1.82) is 5.26 Å². The van der Waals surface area contributed by atoms with Gasteiger partial charge in [-0.1, -0.05) is 12.1 Å². The van der Waals surface area contributed by atoms with E-state index in [-0.39, 0.29) is 29.4 Å². The van der Waals surface area contributed by atoms with Gasteiger partial charge >= 0.3 is 5.97 Å². The second kappa shape index (κ2) is 12.5. The molecular formula is C34H37FN6O4. The molecule has 0 spiro atoms. The van der Waals surface area contributed by atoms with E-state index in [2.05, 4.69) is 14.4 Å². The fourth-order valence-corrected chi connectivity index (χ4v) is 6.13. The zero-order valence-electron chi connectivity index (χ0n) is 25.7. The summed E-state index contributed by atoms with van der Waals surface area (Å²) in [5, 5.41) is 18.6. The highest BCUT2D eigenvalue weighted by atomic mass is 19.1. The number of nitriles is 1. The van der Waals surface area contributed by atoms with Crippen LogP contribution in [0, 0.1) is 17.1 Å². The number of benzene rings is 2. The Bertz CT molecular complexity index is 1760. The fraction of sp³-hybridized carbons (Fsp3) is 0.412. The van der Waals surface area contributed by atoms with Gasteiger partial charge in [-0.05, 0) is 70.0 Å². The minimum atomic E-state index is -0.963. The average Bonchev–Trinajstić information content (AvgIpc) is 3.32. The van der Waals surface area contributed by atoms with Crippen LogP contribution in [-0.2, 0) is 24.4 Å². The van der Waals surface area contributed by atoms with E-state index in [0.717, 1.165) is 48.6 Å². The van der Waals surface area contributed by atoms with Crippen LogP contribution in [0.4, 0.5) is 10.2 Å². The third-order valence-electron chi connectivity index (χ3n) is 8.53. The number of halogens is 1. The summed E-state index contributed by atoms with van der Waals surface area (Å²) in [4.78, 5) is 26.2. The van der Waals surface area contributed by atoms with Crippen molar-refractivity contribution in [1.82, 2.24) is 19.4 Å². The van der Waals surface area contributed by atoms with E-state index in [0.29, 0.717) is 37.2 Å². The van der Waals surface area contributed by atoms with Crippen LogP contribution < -0.4 is 9.64 Å². The topological polar surface area (TPSA) is 117 Å². The summed E-state index contributed by atoms with van der Waals surface area (Å²) < 4.78 is 28.3. The Hall–Kier alpha value is -4.53. The monoisotopic (exact) mass is 612 g/mol. The fourth-order valence-electron chi connectivity index (χ4n) is 6.13. The molecule has 45 heavy (non-hydrogen) atoms. The van der Waals surface area contributed by atoms with Gasteiger partial charge in [0.2, 0.25) is 5.88 Å². The number of aromatic carboxylic acids is 1. The summed E-state index contributed by atoms with van der Waals surface area (Å²) in [6.45, 7) is 9.37. The molecule has 1 N–H and O–H groups in total. The molecule has 2 fully saturated rings. The summed E-state index contributed by atoms with van der Waals surface area (Å²) in [5.41, 5.74) is 2.16. The number of carboxylic acid groups (broad SMARTS) is 1. The van der Waals surface area contributed by atoms with Crippen LogP contribution in [0.25, 0.3) is 11.0 Å². The lowest BCUT2D eigenvalue weighted by atomic mass is 9.81. The highest BCUT2D eigenvalue weighted by molar-refractivity contribution is 5.92. The molecule has 11 heteroatoms.